The van der Waals surface area contributed by atoms with Crippen LogP contribution in [0, 0.1) is 5.82 Å². The van der Waals surface area contributed by atoms with E-state index in [1.807, 2.05) is 0 Å². The maximum Gasteiger partial charge on any atom is 0.309 e. The summed E-state index contributed by atoms with van der Waals surface area (Å²) in [7, 11) is -4.16. The lowest BCUT2D eigenvalue weighted by atomic mass is 10.2. The smallest absolute Gasteiger partial charge is 0.309 e. The number of nitrogens with one attached hydrogen (secondary N) is 1. The van der Waals surface area contributed by atoms with E-state index in [-0.39, 0.29) is 18.1 Å². The SMILES string of the molecule is O=C(O)Cc1csc(NC(=O)[C@@H]2CCCN2S(=O)(=O)c2ccccc2F)n1. The number of sulfonamides is 1. The number of nitrogens with zero attached hydrogens (tertiary/aromatic N) is 2. The van der Waals surface area contributed by atoms with Crippen LogP contribution in [-0.4, -0.2) is 47.3 Å². The number of amides is 1. The van der Waals surface area contributed by atoms with E-state index in [0.29, 0.717) is 18.5 Å². The number of halogens is 1. The van der Waals surface area contributed by atoms with Crippen molar-refractivity contribution in [3.63, 3.8) is 0 Å². The zero-order valence-corrected chi connectivity index (χ0v) is 15.6. The Kier molecular flexibility index (Phi) is 5.53. The van der Waals surface area contributed by atoms with Crippen molar-refractivity contribution < 1.29 is 27.5 Å². The van der Waals surface area contributed by atoms with Gasteiger partial charge in [-0.15, -0.1) is 11.3 Å². The fourth-order valence-corrected chi connectivity index (χ4v) is 5.30. The minimum Gasteiger partial charge on any atom is -0.481 e. The van der Waals surface area contributed by atoms with Crippen molar-refractivity contribution in [2.75, 3.05) is 11.9 Å². The Labute approximate surface area is 158 Å². The molecule has 2 heterocycles. The molecule has 0 spiro atoms. The van der Waals surface area contributed by atoms with Crippen LogP contribution in [0.3, 0.4) is 0 Å². The molecule has 1 saturated heterocycles. The minimum absolute atomic E-state index is 0.108. The van der Waals surface area contributed by atoms with Crippen LogP contribution in [0.5, 0.6) is 0 Å². The van der Waals surface area contributed by atoms with Gasteiger partial charge >= 0.3 is 5.97 Å². The number of carboxylic acids is 1. The monoisotopic (exact) mass is 413 g/mol. The third-order valence-electron chi connectivity index (χ3n) is 4.04. The van der Waals surface area contributed by atoms with E-state index in [2.05, 4.69) is 10.3 Å². The Morgan fingerprint density at radius 1 is 1.37 bits per heavy atom. The Balaban J connectivity index is 1.78. The zero-order valence-electron chi connectivity index (χ0n) is 14.0. The number of aromatic nitrogens is 1. The van der Waals surface area contributed by atoms with E-state index in [1.54, 1.807) is 0 Å². The quantitative estimate of drug-likeness (QED) is 0.745. The lowest BCUT2D eigenvalue weighted by Crippen LogP contribution is -2.43. The maximum atomic E-state index is 14.0. The van der Waals surface area contributed by atoms with Gasteiger partial charge in [-0.3, -0.25) is 9.59 Å². The van der Waals surface area contributed by atoms with Gasteiger partial charge in [0.25, 0.3) is 0 Å². The highest BCUT2D eigenvalue weighted by Gasteiger charge is 2.40. The van der Waals surface area contributed by atoms with Gasteiger partial charge in [-0.2, -0.15) is 4.31 Å². The van der Waals surface area contributed by atoms with Gasteiger partial charge < -0.3 is 10.4 Å². The van der Waals surface area contributed by atoms with Gasteiger partial charge in [-0.25, -0.2) is 17.8 Å². The van der Waals surface area contributed by atoms with Gasteiger partial charge in [0.2, 0.25) is 15.9 Å². The molecule has 1 atom stereocenters. The van der Waals surface area contributed by atoms with Gasteiger partial charge in [0.1, 0.15) is 16.8 Å². The Hall–Kier alpha value is -2.37. The summed E-state index contributed by atoms with van der Waals surface area (Å²) in [6.45, 7) is 0.108. The van der Waals surface area contributed by atoms with Crippen LogP contribution in [0.25, 0.3) is 0 Å². The van der Waals surface area contributed by atoms with E-state index in [1.165, 1.54) is 17.5 Å². The first kappa shape index (κ1) is 19.4. The average Bonchev–Trinajstić information content (AvgIpc) is 3.24. The van der Waals surface area contributed by atoms with Crippen LogP contribution in [-0.2, 0) is 26.0 Å². The number of aliphatic carboxylic acids is 1. The molecule has 144 valence electrons. The molecule has 27 heavy (non-hydrogen) atoms. The molecular weight excluding hydrogens is 397 g/mol. The lowest BCUT2D eigenvalue weighted by Gasteiger charge is -2.23. The first-order valence-corrected chi connectivity index (χ1v) is 10.3. The molecule has 2 N–H and O–H groups in total. The third kappa shape index (κ3) is 4.15. The fourth-order valence-electron chi connectivity index (χ4n) is 2.86. The highest BCUT2D eigenvalue weighted by atomic mass is 32.2. The summed E-state index contributed by atoms with van der Waals surface area (Å²) in [5, 5.41) is 13.0. The second kappa shape index (κ2) is 7.71. The summed E-state index contributed by atoms with van der Waals surface area (Å²) in [6, 6.07) is 4.04. The molecular formula is C16H16FN3O5S2. The molecule has 1 aromatic carbocycles. The number of rotatable bonds is 6. The van der Waals surface area contributed by atoms with Crippen molar-refractivity contribution in [3.05, 3.63) is 41.2 Å². The van der Waals surface area contributed by atoms with Crippen molar-refractivity contribution in [2.45, 2.75) is 30.2 Å². The first-order chi connectivity index (χ1) is 12.8. The standard InChI is InChI=1S/C16H16FN3O5S2/c17-11-4-1-2-6-13(11)27(24,25)20-7-3-5-12(20)15(23)19-16-18-10(9-26-16)8-14(21)22/h1-2,4,6,9,12H,3,5,7-8H2,(H,21,22)(H,18,19,23)/t12-/m0/s1. The number of hydrogen-bond donors (Lipinski definition) is 2. The second-order valence-corrected chi connectivity index (χ2v) is 8.63. The van der Waals surface area contributed by atoms with Crippen molar-refractivity contribution >= 4 is 38.4 Å². The van der Waals surface area contributed by atoms with Crippen LogP contribution in [0.2, 0.25) is 0 Å². The van der Waals surface area contributed by atoms with Gasteiger partial charge in [0, 0.05) is 11.9 Å². The minimum atomic E-state index is -4.16. The van der Waals surface area contributed by atoms with E-state index in [9.17, 15) is 22.4 Å². The average molecular weight is 413 g/mol. The second-order valence-electron chi connectivity index (χ2n) is 5.91. The predicted octanol–water partition coefficient (Wildman–Crippen LogP) is 1.70. The number of carbonyl (C=O) groups is 2. The first-order valence-electron chi connectivity index (χ1n) is 8.02. The largest absolute Gasteiger partial charge is 0.481 e. The summed E-state index contributed by atoms with van der Waals surface area (Å²) in [5.41, 5.74) is 0.296. The van der Waals surface area contributed by atoms with Crippen LogP contribution >= 0.6 is 11.3 Å². The number of anilines is 1. The molecule has 1 fully saturated rings. The highest BCUT2D eigenvalue weighted by Crippen LogP contribution is 2.28. The molecule has 1 aliphatic heterocycles. The van der Waals surface area contributed by atoms with Crippen molar-refractivity contribution in [2.24, 2.45) is 0 Å². The molecule has 0 bridgehead atoms. The predicted molar refractivity (Wildman–Crippen MR) is 95.4 cm³/mol. The number of benzene rings is 1. The summed E-state index contributed by atoms with van der Waals surface area (Å²) < 4.78 is 40.5. The molecule has 8 nitrogen and oxygen atoms in total. The normalized spacial score (nSPS) is 17.7. The van der Waals surface area contributed by atoms with Crippen molar-refractivity contribution in [3.8, 4) is 0 Å². The molecule has 1 amide bonds. The molecule has 0 saturated carbocycles. The van der Waals surface area contributed by atoms with Crippen molar-refractivity contribution in [1.82, 2.24) is 9.29 Å². The molecule has 11 heteroatoms. The fraction of sp³-hybridized carbons (Fsp3) is 0.312. The lowest BCUT2D eigenvalue weighted by molar-refractivity contribution is -0.136. The Morgan fingerprint density at radius 3 is 2.81 bits per heavy atom. The third-order valence-corrected chi connectivity index (χ3v) is 6.79. The summed E-state index contributed by atoms with van der Waals surface area (Å²) in [5.74, 6) is -2.50. The maximum absolute atomic E-state index is 14.0. The van der Waals surface area contributed by atoms with Crippen LogP contribution in [0.1, 0.15) is 18.5 Å². The summed E-state index contributed by atoms with van der Waals surface area (Å²) in [4.78, 5) is 26.8. The van der Waals surface area contributed by atoms with Gasteiger partial charge in [0.15, 0.2) is 5.13 Å². The molecule has 2 aromatic rings. The van der Waals surface area contributed by atoms with E-state index < -0.39 is 38.7 Å². The zero-order chi connectivity index (χ0) is 19.6. The van der Waals surface area contributed by atoms with Gasteiger partial charge in [0.05, 0.1) is 12.1 Å². The number of hydrogen-bond acceptors (Lipinski definition) is 6. The number of carbonyl (C=O) groups excluding carboxylic acids is 1. The van der Waals surface area contributed by atoms with E-state index in [4.69, 9.17) is 5.11 Å². The molecule has 0 aliphatic carbocycles. The van der Waals surface area contributed by atoms with Crippen molar-refractivity contribution in [1.29, 1.82) is 0 Å². The molecule has 1 aromatic heterocycles. The highest BCUT2D eigenvalue weighted by molar-refractivity contribution is 7.89. The molecule has 1 aliphatic rings. The Bertz CT molecular complexity index is 976. The van der Waals surface area contributed by atoms with E-state index >= 15 is 0 Å². The van der Waals surface area contributed by atoms with Crippen LogP contribution in [0.4, 0.5) is 9.52 Å². The summed E-state index contributed by atoms with van der Waals surface area (Å²) >= 11 is 1.05. The topological polar surface area (TPSA) is 117 Å². The Morgan fingerprint density at radius 2 is 2.11 bits per heavy atom. The molecule has 3 rings (SSSR count). The molecule has 0 unspecified atom stereocenters. The van der Waals surface area contributed by atoms with Crippen LogP contribution < -0.4 is 5.32 Å². The van der Waals surface area contributed by atoms with Gasteiger partial charge in [-0.05, 0) is 25.0 Å². The summed E-state index contributed by atoms with van der Waals surface area (Å²) in [6.07, 6.45) is 0.490. The van der Waals surface area contributed by atoms with E-state index in [0.717, 1.165) is 27.8 Å². The van der Waals surface area contributed by atoms with Gasteiger partial charge in [-0.1, -0.05) is 12.1 Å². The number of carboxylic acid groups (broad SMARTS) is 1. The number of thiazole rings is 1. The van der Waals surface area contributed by atoms with Crippen LogP contribution in [0.15, 0.2) is 34.5 Å². The molecule has 0 radical (unpaired) electrons.